The highest BCUT2D eigenvalue weighted by Crippen LogP contribution is 2.23. The molecule has 6 heteroatoms. The zero-order chi connectivity index (χ0) is 19.8. The van der Waals surface area contributed by atoms with Crippen LogP contribution in [0.3, 0.4) is 0 Å². The lowest BCUT2D eigenvalue weighted by atomic mass is 9.91. The summed E-state index contributed by atoms with van der Waals surface area (Å²) in [6.07, 6.45) is 4.67. The molecule has 152 valence electrons. The van der Waals surface area contributed by atoms with Gasteiger partial charge in [-0.1, -0.05) is 30.3 Å². The summed E-state index contributed by atoms with van der Waals surface area (Å²) in [5.74, 6) is 2.68. The molecule has 1 fully saturated rings. The Balaban J connectivity index is 1.33. The van der Waals surface area contributed by atoms with Crippen LogP contribution in [0.4, 0.5) is 11.6 Å². The van der Waals surface area contributed by atoms with Crippen molar-refractivity contribution < 1.29 is 4.74 Å². The van der Waals surface area contributed by atoms with Crippen LogP contribution in [0.2, 0.25) is 0 Å². The van der Waals surface area contributed by atoms with Gasteiger partial charge in [0.1, 0.15) is 17.5 Å². The molecule has 2 N–H and O–H groups in total. The molecule has 1 aliphatic carbocycles. The summed E-state index contributed by atoms with van der Waals surface area (Å²) in [5, 5.41) is 7.24. The van der Waals surface area contributed by atoms with E-state index < -0.39 is 0 Å². The topological polar surface area (TPSA) is 62.3 Å². The molecule has 6 nitrogen and oxygen atoms in total. The number of hydrogen-bond donors (Lipinski definition) is 2. The number of nitrogens with zero attached hydrogens (tertiary/aromatic N) is 3. The minimum Gasteiger partial charge on any atom is -0.375 e. The van der Waals surface area contributed by atoms with Crippen molar-refractivity contribution in [2.75, 3.05) is 37.5 Å². The highest BCUT2D eigenvalue weighted by atomic mass is 16.5. The van der Waals surface area contributed by atoms with E-state index in [0.717, 1.165) is 43.5 Å². The van der Waals surface area contributed by atoms with E-state index in [9.17, 15) is 0 Å². The first-order valence-corrected chi connectivity index (χ1v) is 10.2. The van der Waals surface area contributed by atoms with Gasteiger partial charge in [-0.05, 0) is 38.2 Å². The minimum absolute atomic E-state index is 0.483. The molecule has 1 aromatic heterocycles. The molecule has 28 heavy (non-hydrogen) atoms. The molecular formula is C22H33N5O. The largest absolute Gasteiger partial charge is 0.375 e. The second-order valence-electron chi connectivity index (χ2n) is 7.74. The van der Waals surface area contributed by atoms with E-state index in [2.05, 4.69) is 32.7 Å². The third-order valence-electron chi connectivity index (χ3n) is 5.15. The molecule has 0 unspecified atom stereocenters. The van der Waals surface area contributed by atoms with Crippen molar-refractivity contribution in [1.29, 1.82) is 0 Å². The molecule has 3 rings (SSSR count). The molecule has 0 saturated heterocycles. The molecule has 1 heterocycles. The van der Waals surface area contributed by atoms with E-state index in [1.807, 2.05) is 50.2 Å². The Hall–Kier alpha value is -2.18. The molecule has 1 aromatic carbocycles. The van der Waals surface area contributed by atoms with Crippen molar-refractivity contribution in [3.8, 4) is 0 Å². The van der Waals surface area contributed by atoms with Crippen LogP contribution >= 0.6 is 0 Å². The standard InChI is InChI=1S/C22H33N5O/c1-17-24-21(15-22(25-17)27(2)3)26-20-11-9-19(10-12-20)23-13-14-28-16-18-7-5-4-6-8-18/h4-8,15,19-20,23H,9-14,16H2,1-3H3,(H,24,25,26). The maximum atomic E-state index is 5.76. The van der Waals surface area contributed by atoms with Crippen molar-refractivity contribution in [2.24, 2.45) is 0 Å². The van der Waals surface area contributed by atoms with Gasteiger partial charge in [0.05, 0.1) is 13.2 Å². The Kier molecular flexibility index (Phi) is 7.62. The fourth-order valence-corrected chi connectivity index (χ4v) is 3.61. The second-order valence-corrected chi connectivity index (χ2v) is 7.74. The Labute approximate surface area is 168 Å². The summed E-state index contributed by atoms with van der Waals surface area (Å²) in [5.41, 5.74) is 1.23. The average molecular weight is 384 g/mol. The third-order valence-corrected chi connectivity index (χ3v) is 5.15. The lowest BCUT2D eigenvalue weighted by Gasteiger charge is -2.30. The van der Waals surface area contributed by atoms with E-state index in [0.29, 0.717) is 18.7 Å². The van der Waals surface area contributed by atoms with Crippen LogP contribution in [-0.4, -0.2) is 49.3 Å². The first-order chi connectivity index (χ1) is 13.6. The molecule has 0 aliphatic heterocycles. The van der Waals surface area contributed by atoms with Crippen LogP contribution in [0.5, 0.6) is 0 Å². The molecule has 1 aliphatic rings. The van der Waals surface area contributed by atoms with Gasteiger partial charge in [-0.25, -0.2) is 9.97 Å². The van der Waals surface area contributed by atoms with Crippen molar-refractivity contribution in [3.05, 3.63) is 47.8 Å². The van der Waals surface area contributed by atoms with Gasteiger partial charge >= 0.3 is 0 Å². The van der Waals surface area contributed by atoms with Crippen molar-refractivity contribution in [2.45, 2.75) is 51.3 Å². The molecule has 0 radical (unpaired) electrons. The Morgan fingerprint density at radius 2 is 1.75 bits per heavy atom. The maximum absolute atomic E-state index is 5.76. The Bertz CT molecular complexity index is 714. The zero-order valence-corrected chi connectivity index (χ0v) is 17.3. The smallest absolute Gasteiger partial charge is 0.133 e. The number of ether oxygens (including phenoxy) is 1. The molecule has 0 spiro atoms. The number of benzene rings is 1. The van der Waals surface area contributed by atoms with Gasteiger partial charge in [-0.2, -0.15) is 0 Å². The van der Waals surface area contributed by atoms with E-state index >= 15 is 0 Å². The van der Waals surface area contributed by atoms with Crippen molar-refractivity contribution in [3.63, 3.8) is 0 Å². The maximum Gasteiger partial charge on any atom is 0.133 e. The number of anilines is 2. The van der Waals surface area contributed by atoms with Crippen LogP contribution in [0.25, 0.3) is 0 Å². The van der Waals surface area contributed by atoms with Crippen LogP contribution in [0.15, 0.2) is 36.4 Å². The number of hydrogen-bond acceptors (Lipinski definition) is 6. The summed E-state index contributed by atoms with van der Waals surface area (Å²) >= 11 is 0. The number of aryl methyl sites for hydroxylation is 1. The lowest BCUT2D eigenvalue weighted by Crippen LogP contribution is -2.38. The first-order valence-electron chi connectivity index (χ1n) is 10.2. The summed E-state index contributed by atoms with van der Waals surface area (Å²) in [6, 6.07) is 13.4. The third kappa shape index (κ3) is 6.46. The summed E-state index contributed by atoms with van der Waals surface area (Å²) in [4.78, 5) is 11.0. The first kappa shape index (κ1) is 20.6. The second kappa shape index (κ2) is 10.4. The SMILES string of the molecule is Cc1nc(NC2CCC(NCCOCc3ccccc3)CC2)cc(N(C)C)n1. The number of nitrogens with one attached hydrogen (secondary N) is 2. The quantitative estimate of drug-likeness (QED) is 0.647. The fourth-order valence-electron chi connectivity index (χ4n) is 3.61. The van der Waals surface area contributed by atoms with Crippen LogP contribution in [0.1, 0.15) is 37.1 Å². The highest BCUT2D eigenvalue weighted by molar-refractivity contribution is 5.49. The predicted molar refractivity (Wildman–Crippen MR) is 115 cm³/mol. The highest BCUT2D eigenvalue weighted by Gasteiger charge is 2.21. The van der Waals surface area contributed by atoms with Crippen molar-refractivity contribution in [1.82, 2.24) is 15.3 Å². The molecule has 0 atom stereocenters. The molecule has 0 bridgehead atoms. The molecule has 2 aromatic rings. The lowest BCUT2D eigenvalue weighted by molar-refractivity contribution is 0.119. The van der Waals surface area contributed by atoms with E-state index in [1.54, 1.807) is 0 Å². The Morgan fingerprint density at radius 1 is 1.04 bits per heavy atom. The fraction of sp³-hybridized carbons (Fsp3) is 0.545. The van der Waals surface area contributed by atoms with Gasteiger partial charge in [0.25, 0.3) is 0 Å². The van der Waals surface area contributed by atoms with E-state index in [1.165, 1.54) is 18.4 Å². The van der Waals surface area contributed by atoms with Crippen LogP contribution in [0, 0.1) is 6.92 Å². The van der Waals surface area contributed by atoms with Gasteiger partial charge in [-0.15, -0.1) is 0 Å². The van der Waals surface area contributed by atoms with Gasteiger partial charge in [0, 0.05) is 38.8 Å². The summed E-state index contributed by atoms with van der Waals surface area (Å²) in [7, 11) is 4.01. The molecule has 1 saturated carbocycles. The zero-order valence-electron chi connectivity index (χ0n) is 17.3. The molecular weight excluding hydrogens is 350 g/mol. The van der Waals surface area contributed by atoms with Gasteiger partial charge in [-0.3, -0.25) is 0 Å². The van der Waals surface area contributed by atoms with Gasteiger partial charge in [0.15, 0.2) is 0 Å². The molecule has 0 amide bonds. The summed E-state index contributed by atoms with van der Waals surface area (Å²) < 4.78 is 5.76. The van der Waals surface area contributed by atoms with Crippen LogP contribution < -0.4 is 15.5 Å². The van der Waals surface area contributed by atoms with E-state index in [-0.39, 0.29) is 0 Å². The van der Waals surface area contributed by atoms with Gasteiger partial charge in [0.2, 0.25) is 0 Å². The predicted octanol–water partition coefficient (Wildman–Crippen LogP) is 3.38. The monoisotopic (exact) mass is 383 g/mol. The van der Waals surface area contributed by atoms with E-state index in [4.69, 9.17) is 4.74 Å². The normalized spacial score (nSPS) is 19.4. The number of aromatic nitrogens is 2. The van der Waals surface area contributed by atoms with Gasteiger partial charge < -0.3 is 20.3 Å². The average Bonchev–Trinajstić information content (AvgIpc) is 2.69. The summed E-state index contributed by atoms with van der Waals surface area (Å²) in [6.45, 7) is 4.29. The van der Waals surface area contributed by atoms with Crippen molar-refractivity contribution >= 4 is 11.6 Å². The Morgan fingerprint density at radius 3 is 2.46 bits per heavy atom. The van der Waals surface area contributed by atoms with Crippen LogP contribution in [-0.2, 0) is 11.3 Å². The number of rotatable bonds is 9. The minimum atomic E-state index is 0.483.